The number of esters is 1. The molecule has 3 amide bonds. The third kappa shape index (κ3) is 3.23. The molecule has 33 heavy (non-hydrogen) atoms. The van der Waals surface area contributed by atoms with Crippen LogP contribution in [0.25, 0.3) is 0 Å². The van der Waals surface area contributed by atoms with Crippen LogP contribution in [0.5, 0.6) is 5.75 Å². The lowest BCUT2D eigenvalue weighted by Crippen LogP contribution is -2.67. The summed E-state index contributed by atoms with van der Waals surface area (Å²) in [5, 5.41) is 2.88. The Labute approximate surface area is 190 Å². The van der Waals surface area contributed by atoms with Crippen LogP contribution >= 0.6 is 0 Å². The fourth-order valence-corrected chi connectivity index (χ4v) is 4.87. The van der Waals surface area contributed by atoms with Gasteiger partial charge in [-0.2, -0.15) is 0 Å². The summed E-state index contributed by atoms with van der Waals surface area (Å²) < 4.78 is 11.0. The van der Waals surface area contributed by atoms with Crippen molar-refractivity contribution in [2.75, 3.05) is 25.2 Å². The molecule has 2 atom stereocenters. The number of para-hydroxylation sites is 2. The van der Waals surface area contributed by atoms with Gasteiger partial charge in [0.25, 0.3) is 11.8 Å². The number of carbonyl (C=O) groups is 4. The number of benzene rings is 2. The minimum absolute atomic E-state index is 0.0894. The first-order valence-electron chi connectivity index (χ1n) is 10.8. The summed E-state index contributed by atoms with van der Waals surface area (Å²) >= 11 is 0. The van der Waals surface area contributed by atoms with Crippen LogP contribution in [0.15, 0.2) is 48.5 Å². The van der Waals surface area contributed by atoms with Crippen molar-refractivity contribution in [3.05, 3.63) is 59.7 Å². The normalized spacial score (nSPS) is 23.2. The van der Waals surface area contributed by atoms with Gasteiger partial charge in [0.2, 0.25) is 11.6 Å². The number of hydrogen-bond acceptors (Lipinski definition) is 6. The number of nitrogens with one attached hydrogen (secondary N) is 1. The molecule has 2 unspecified atom stereocenters. The summed E-state index contributed by atoms with van der Waals surface area (Å²) in [4.78, 5) is 54.2. The first-order valence-corrected chi connectivity index (χ1v) is 10.8. The molecular formula is C24H23N3O6. The van der Waals surface area contributed by atoms with Crippen LogP contribution in [0.1, 0.15) is 41.2 Å². The smallest absolute Gasteiger partial charge is 0.354 e. The highest BCUT2D eigenvalue weighted by atomic mass is 16.5. The van der Waals surface area contributed by atoms with E-state index in [-0.39, 0.29) is 30.7 Å². The summed E-state index contributed by atoms with van der Waals surface area (Å²) in [5.41, 5.74) is -0.0182. The molecule has 9 nitrogen and oxygen atoms in total. The van der Waals surface area contributed by atoms with E-state index in [0.717, 1.165) is 5.56 Å². The Kier molecular flexibility index (Phi) is 5.03. The van der Waals surface area contributed by atoms with Crippen LogP contribution in [0.2, 0.25) is 0 Å². The lowest BCUT2D eigenvalue weighted by atomic mass is 9.97. The van der Waals surface area contributed by atoms with Crippen molar-refractivity contribution < 1.29 is 28.7 Å². The summed E-state index contributed by atoms with van der Waals surface area (Å²) in [6.07, 6.45) is 0.777. The zero-order valence-electron chi connectivity index (χ0n) is 18.1. The minimum Gasteiger partial charge on any atom is -0.493 e. The molecule has 0 bridgehead atoms. The van der Waals surface area contributed by atoms with Crippen LogP contribution in [0.4, 0.5) is 5.69 Å². The Morgan fingerprint density at radius 2 is 1.91 bits per heavy atom. The minimum atomic E-state index is -1.60. The molecule has 9 heteroatoms. The molecule has 3 heterocycles. The number of amides is 3. The van der Waals surface area contributed by atoms with Crippen molar-refractivity contribution in [1.82, 2.24) is 10.2 Å². The zero-order valence-corrected chi connectivity index (χ0v) is 18.1. The number of anilines is 1. The topological polar surface area (TPSA) is 105 Å². The molecule has 170 valence electrons. The van der Waals surface area contributed by atoms with Gasteiger partial charge in [0.15, 0.2) is 6.61 Å². The van der Waals surface area contributed by atoms with Crippen molar-refractivity contribution in [1.29, 1.82) is 0 Å². The first-order chi connectivity index (χ1) is 15.9. The Bertz CT molecular complexity index is 1160. The van der Waals surface area contributed by atoms with Crippen molar-refractivity contribution in [2.24, 2.45) is 0 Å². The first kappa shape index (κ1) is 21.0. The molecule has 0 saturated carbocycles. The van der Waals surface area contributed by atoms with Gasteiger partial charge in [-0.15, -0.1) is 0 Å². The number of nitrogens with zero attached hydrogens (tertiary/aromatic N) is 2. The van der Waals surface area contributed by atoms with E-state index in [1.165, 1.54) is 16.8 Å². The van der Waals surface area contributed by atoms with Gasteiger partial charge in [-0.3, -0.25) is 19.3 Å². The Morgan fingerprint density at radius 1 is 1.15 bits per heavy atom. The van der Waals surface area contributed by atoms with Gasteiger partial charge >= 0.3 is 5.97 Å². The molecule has 1 N–H and O–H groups in total. The lowest BCUT2D eigenvalue weighted by molar-refractivity contribution is -0.159. The summed E-state index contributed by atoms with van der Waals surface area (Å²) in [6.45, 7) is -0.0555. The SMILES string of the molecule is CN1C(=O)c2ccccc2N2C(=O)CCC12C(=O)OCC(=O)NC1CCOc2ccccc21. The second-order valence-electron chi connectivity index (χ2n) is 8.30. The fraction of sp³-hybridized carbons (Fsp3) is 0.333. The molecule has 1 fully saturated rings. The Morgan fingerprint density at radius 3 is 2.76 bits per heavy atom. The largest absolute Gasteiger partial charge is 0.493 e. The average Bonchev–Trinajstić information content (AvgIpc) is 3.19. The highest BCUT2D eigenvalue weighted by molar-refractivity contribution is 6.15. The van der Waals surface area contributed by atoms with Gasteiger partial charge in [0.05, 0.1) is 23.9 Å². The van der Waals surface area contributed by atoms with E-state index in [2.05, 4.69) is 5.32 Å². The average molecular weight is 449 g/mol. The molecule has 0 radical (unpaired) electrons. The van der Waals surface area contributed by atoms with E-state index in [1.807, 2.05) is 24.3 Å². The quantitative estimate of drug-likeness (QED) is 0.714. The van der Waals surface area contributed by atoms with E-state index in [4.69, 9.17) is 9.47 Å². The molecular weight excluding hydrogens is 426 g/mol. The molecule has 0 spiro atoms. The second kappa shape index (κ2) is 7.91. The number of hydrogen-bond donors (Lipinski definition) is 1. The maximum absolute atomic E-state index is 13.3. The van der Waals surface area contributed by atoms with Gasteiger partial charge in [-0.05, 0) is 18.2 Å². The van der Waals surface area contributed by atoms with Gasteiger partial charge < -0.3 is 19.7 Å². The van der Waals surface area contributed by atoms with Crippen molar-refractivity contribution in [3.8, 4) is 5.75 Å². The monoisotopic (exact) mass is 449 g/mol. The van der Waals surface area contributed by atoms with Crippen molar-refractivity contribution in [2.45, 2.75) is 31.0 Å². The van der Waals surface area contributed by atoms with Gasteiger partial charge in [-0.25, -0.2) is 4.79 Å². The predicted molar refractivity (Wildman–Crippen MR) is 116 cm³/mol. The molecule has 3 aliphatic rings. The van der Waals surface area contributed by atoms with E-state index >= 15 is 0 Å². The van der Waals surface area contributed by atoms with Crippen LogP contribution in [-0.2, 0) is 19.1 Å². The molecule has 1 saturated heterocycles. The molecule has 0 aliphatic carbocycles. The number of likely N-dealkylation sites (N-methyl/N-ethyl adjacent to an activating group) is 1. The summed E-state index contributed by atoms with van der Waals surface area (Å²) in [7, 11) is 1.48. The molecule has 5 rings (SSSR count). The van der Waals surface area contributed by atoms with Crippen LogP contribution in [0.3, 0.4) is 0 Å². The maximum atomic E-state index is 13.3. The number of ether oxygens (including phenoxy) is 2. The highest BCUT2D eigenvalue weighted by Crippen LogP contribution is 2.44. The van der Waals surface area contributed by atoms with Crippen LogP contribution in [-0.4, -0.2) is 54.5 Å². The molecule has 3 aliphatic heterocycles. The lowest BCUT2D eigenvalue weighted by Gasteiger charge is -2.46. The number of fused-ring (bicyclic) bond motifs is 4. The van der Waals surface area contributed by atoms with Crippen molar-refractivity contribution in [3.63, 3.8) is 0 Å². The molecule has 2 aromatic carbocycles. The van der Waals surface area contributed by atoms with E-state index in [0.29, 0.717) is 30.0 Å². The summed E-state index contributed by atoms with van der Waals surface area (Å²) in [6, 6.07) is 13.9. The van der Waals surface area contributed by atoms with E-state index in [1.54, 1.807) is 24.3 Å². The Balaban J connectivity index is 1.33. The number of carbonyl (C=O) groups excluding carboxylic acids is 4. The second-order valence-corrected chi connectivity index (χ2v) is 8.30. The third-order valence-electron chi connectivity index (χ3n) is 6.50. The van der Waals surface area contributed by atoms with Gasteiger partial charge in [0.1, 0.15) is 5.75 Å². The fourth-order valence-electron chi connectivity index (χ4n) is 4.87. The van der Waals surface area contributed by atoms with E-state index in [9.17, 15) is 19.2 Å². The van der Waals surface area contributed by atoms with Gasteiger partial charge in [-0.1, -0.05) is 30.3 Å². The maximum Gasteiger partial charge on any atom is 0.354 e. The highest BCUT2D eigenvalue weighted by Gasteiger charge is 2.60. The van der Waals surface area contributed by atoms with Crippen LogP contribution in [0, 0.1) is 0 Å². The molecule has 0 aromatic heterocycles. The Hall–Kier alpha value is -3.88. The van der Waals surface area contributed by atoms with Gasteiger partial charge in [0, 0.05) is 31.9 Å². The predicted octanol–water partition coefficient (Wildman–Crippen LogP) is 1.78. The van der Waals surface area contributed by atoms with Crippen LogP contribution < -0.4 is 15.0 Å². The zero-order chi connectivity index (χ0) is 23.2. The summed E-state index contributed by atoms with van der Waals surface area (Å²) in [5.74, 6) is -1.21. The van der Waals surface area contributed by atoms with Crippen molar-refractivity contribution >= 4 is 29.4 Å². The standard InChI is InChI=1S/C24H23N3O6/c1-26-22(30)16-7-2-4-8-18(16)27-21(29)10-12-24(26,27)23(31)33-14-20(28)25-17-11-13-32-19-9-5-3-6-15(17)19/h2-9,17H,10-14H2,1H3,(H,25,28). The third-order valence-corrected chi connectivity index (χ3v) is 6.50. The number of rotatable bonds is 4. The molecule has 2 aromatic rings. The van der Waals surface area contributed by atoms with E-state index < -0.39 is 24.1 Å².